The molecule has 1 heterocycles. The average molecular weight is 279 g/mol. The first kappa shape index (κ1) is 12.7. The summed E-state index contributed by atoms with van der Waals surface area (Å²) in [5.74, 6) is 0. The molecule has 1 aliphatic rings. The largest absolute Gasteiger partial charge is 0.313 e. The van der Waals surface area contributed by atoms with E-state index in [0.29, 0.717) is 0 Å². The molecule has 0 radical (unpaired) electrons. The molecule has 1 fully saturated rings. The van der Waals surface area contributed by atoms with Crippen molar-refractivity contribution in [2.75, 3.05) is 20.1 Å². The SMILES string of the molecule is CN(CCNC1CC1)Cc1cc(Cl)sc1Cl. The third kappa shape index (κ3) is 3.90. The molecular formula is C11H16Cl2N2S. The molecule has 1 N–H and O–H groups in total. The van der Waals surface area contributed by atoms with E-state index in [1.165, 1.54) is 24.2 Å². The molecule has 0 bridgehead atoms. The summed E-state index contributed by atoms with van der Waals surface area (Å²) in [5.41, 5.74) is 1.13. The standard InChI is InChI=1S/C11H16Cl2N2S/c1-15(5-4-14-9-2-3-9)7-8-6-10(12)16-11(8)13/h6,9,14H,2-5,7H2,1H3. The molecule has 0 spiro atoms. The number of halogens is 2. The minimum Gasteiger partial charge on any atom is -0.313 e. The Morgan fingerprint density at radius 3 is 2.81 bits per heavy atom. The molecule has 1 aromatic heterocycles. The van der Waals surface area contributed by atoms with Crippen LogP contribution in [0.25, 0.3) is 0 Å². The molecule has 0 unspecified atom stereocenters. The fourth-order valence-electron chi connectivity index (χ4n) is 1.60. The summed E-state index contributed by atoms with van der Waals surface area (Å²) in [4.78, 5) is 2.26. The second kappa shape index (κ2) is 5.69. The lowest BCUT2D eigenvalue weighted by atomic mass is 10.3. The van der Waals surface area contributed by atoms with Crippen molar-refractivity contribution < 1.29 is 0 Å². The van der Waals surface area contributed by atoms with Crippen LogP contribution in [0.15, 0.2) is 6.07 Å². The summed E-state index contributed by atoms with van der Waals surface area (Å²) < 4.78 is 1.58. The maximum atomic E-state index is 6.08. The highest BCUT2D eigenvalue weighted by Gasteiger charge is 2.19. The van der Waals surface area contributed by atoms with Gasteiger partial charge >= 0.3 is 0 Å². The van der Waals surface area contributed by atoms with E-state index in [2.05, 4.69) is 17.3 Å². The smallest absolute Gasteiger partial charge is 0.0989 e. The van der Waals surface area contributed by atoms with Crippen LogP contribution >= 0.6 is 34.5 Å². The van der Waals surface area contributed by atoms with Crippen LogP contribution < -0.4 is 5.32 Å². The number of hydrogen-bond acceptors (Lipinski definition) is 3. The summed E-state index contributed by atoms with van der Waals surface area (Å²) in [6, 6.07) is 2.74. The topological polar surface area (TPSA) is 15.3 Å². The van der Waals surface area contributed by atoms with Crippen LogP contribution in [0, 0.1) is 0 Å². The Labute approximate surface area is 111 Å². The van der Waals surface area contributed by atoms with Crippen LogP contribution in [0.4, 0.5) is 0 Å². The van der Waals surface area contributed by atoms with Gasteiger partial charge in [-0.1, -0.05) is 23.2 Å². The van der Waals surface area contributed by atoms with Crippen LogP contribution in [0.1, 0.15) is 18.4 Å². The predicted molar refractivity (Wildman–Crippen MR) is 71.7 cm³/mol. The minimum atomic E-state index is 0.768. The van der Waals surface area contributed by atoms with E-state index in [-0.39, 0.29) is 0 Å². The summed E-state index contributed by atoms with van der Waals surface area (Å²) in [6.45, 7) is 2.96. The van der Waals surface area contributed by atoms with E-state index < -0.39 is 0 Å². The van der Waals surface area contributed by atoms with Gasteiger partial charge in [0.15, 0.2) is 0 Å². The third-order valence-corrected chi connectivity index (χ3v) is 4.24. The van der Waals surface area contributed by atoms with E-state index in [0.717, 1.165) is 39.9 Å². The van der Waals surface area contributed by atoms with Gasteiger partial charge in [0.25, 0.3) is 0 Å². The molecule has 16 heavy (non-hydrogen) atoms. The summed E-state index contributed by atoms with van der Waals surface area (Å²) in [7, 11) is 2.11. The molecule has 1 saturated carbocycles. The highest BCUT2D eigenvalue weighted by atomic mass is 35.5. The molecule has 0 aliphatic heterocycles. The van der Waals surface area contributed by atoms with Crippen LogP contribution in [0.3, 0.4) is 0 Å². The number of hydrogen-bond donors (Lipinski definition) is 1. The fourth-order valence-corrected chi connectivity index (χ4v) is 3.07. The lowest BCUT2D eigenvalue weighted by molar-refractivity contribution is 0.324. The van der Waals surface area contributed by atoms with Crippen LogP contribution in [-0.4, -0.2) is 31.1 Å². The van der Waals surface area contributed by atoms with Gasteiger partial charge in [-0.25, -0.2) is 0 Å². The normalized spacial score (nSPS) is 16.0. The molecule has 0 saturated heterocycles. The second-order valence-electron chi connectivity index (χ2n) is 4.32. The quantitative estimate of drug-likeness (QED) is 0.860. The van der Waals surface area contributed by atoms with E-state index in [4.69, 9.17) is 23.2 Å². The minimum absolute atomic E-state index is 0.768. The van der Waals surface area contributed by atoms with Crippen molar-refractivity contribution in [3.8, 4) is 0 Å². The summed E-state index contributed by atoms with van der Waals surface area (Å²) in [5, 5.41) is 3.49. The van der Waals surface area contributed by atoms with Crippen molar-refractivity contribution in [3.63, 3.8) is 0 Å². The highest BCUT2D eigenvalue weighted by Crippen LogP contribution is 2.31. The maximum absolute atomic E-state index is 6.08. The van der Waals surface area contributed by atoms with Crippen molar-refractivity contribution in [3.05, 3.63) is 20.3 Å². The molecule has 1 aromatic rings. The zero-order valence-electron chi connectivity index (χ0n) is 9.30. The van der Waals surface area contributed by atoms with Gasteiger partial charge in [-0.15, -0.1) is 11.3 Å². The van der Waals surface area contributed by atoms with Crippen molar-refractivity contribution in [1.29, 1.82) is 0 Å². The fraction of sp³-hybridized carbons (Fsp3) is 0.636. The molecule has 2 nitrogen and oxygen atoms in total. The van der Waals surface area contributed by atoms with Gasteiger partial charge in [0.2, 0.25) is 0 Å². The first-order valence-corrected chi connectivity index (χ1v) is 7.08. The molecular weight excluding hydrogens is 263 g/mol. The number of rotatable bonds is 6. The van der Waals surface area contributed by atoms with E-state index in [1.54, 1.807) is 0 Å². The zero-order valence-corrected chi connectivity index (χ0v) is 11.6. The van der Waals surface area contributed by atoms with E-state index in [1.807, 2.05) is 6.07 Å². The number of nitrogens with zero attached hydrogens (tertiary/aromatic N) is 1. The zero-order chi connectivity index (χ0) is 11.5. The number of thiophene rings is 1. The highest BCUT2D eigenvalue weighted by molar-refractivity contribution is 7.20. The summed E-state index contributed by atoms with van der Waals surface area (Å²) >= 11 is 13.4. The van der Waals surface area contributed by atoms with Gasteiger partial charge in [0.1, 0.15) is 0 Å². The van der Waals surface area contributed by atoms with Crippen molar-refractivity contribution in [1.82, 2.24) is 10.2 Å². The van der Waals surface area contributed by atoms with Gasteiger partial charge in [0.05, 0.1) is 8.67 Å². The predicted octanol–water partition coefficient (Wildman–Crippen LogP) is 3.24. The number of nitrogens with one attached hydrogen (secondary N) is 1. The molecule has 0 aromatic carbocycles. The first-order chi connectivity index (χ1) is 7.65. The van der Waals surface area contributed by atoms with Crippen LogP contribution in [0.5, 0.6) is 0 Å². The van der Waals surface area contributed by atoms with Crippen molar-refractivity contribution in [2.24, 2.45) is 0 Å². The van der Waals surface area contributed by atoms with E-state index in [9.17, 15) is 0 Å². The van der Waals surface area contributed by atoms with Gasteiger partial charge in [-0.2, -0.15) is 0 Å². The third-order valence-electron chi connectivity index (χ3n) is 2.67. The second-order valence-corrected chi connectivity index (χ2v) is 6.60. The summed E-state index contributed by atoms with van der Waals surface area (Å²) in [6.07, 6.45) is 2.69. The van der Waals surface area contributed by atoms with Gasteiger partial charge < -0.3 is 10.2 Å². The molecule has 0 atom stereocenters. The molecule has 0 amide bonds. The van der Waals surface area contributed by atoms with Crippen molar-refractivity contribution in [2.45, 2.75) is 25.4 Å². The Morgan fingerprint density at radius 1 is 1.50 bits per heavy atom. The first-order valence-electron chi connectivity index (χ1n) is 5.51. The Balaban J connectivity index is 1.72. The Morgan fingerprint density at radius 2 is 2.25 bits per heavy atom. The Kier molecular flexibility index (Phi) is 4.50. The Hall–Kier alpha value is 0.200. The molecule has 5 heteroatoms. The van der Waals surface area contributed by atoms with Crippen LogP contribution in [-0.2, 0) is 6.54 Å². The molecule has 1 aliphatic carbocycles. The Bertz CT molecular complexity index is 350. The molecule has 2 rings (SSSR count). The number of likely N-dealkylation sites (N-methyl/N-ethyl adjacent to an activating group) is 1. The lowest BCUT2D eigenvalue weighted by Crippen LogP contribution is -2.29. The van der Waals surface area contributed by atoms with Gasteiger partial charge in [-0.3, -0.25) is 0 Å². The van der Waals surface area contributed by atoms with Crippen molar-refractivity contribution >= 4 is 34.5 Å². The van der Waals surface area contributed by atoms with Gasteiger partial charge in [-0.05, 0) is 31.5 Å². The van der Waals surface area contributed by atoms with E-state index >= 15 is 0 Å². The monoisotopic (exact) mass is 278 g/mol. The van der Waals surface area contributed by atoms with Gasteiger partial charge in [0, 0.05) is 25.7 Å². The van der Waals surface area contributed by atoms with Crippen LogP contribution in [0.2, 0.25) is 8.67 Å². The lowest BCUT2D eigenvalue weighted by Gasteiger charge is -2.16. The molecule has 90 valence electrons. The average Bonchev–Trinajstić information content (AvgIpc) is 2.95. The maximum Gasteiger partial charge on any atom is 0.0989 e.